The third kappa shape index (κ3) is 2.53. The molecule has 0 bridgehead atoms. The number of hydrogen-bond donors (Lipinski definition) is 1. The summed E-state index contributed by atoms with van der Waals surface area (Å²) in [5.41, 5.74) is 2.78. The van der Waals surface area contributed by atoms with Gasteiger partial charge in [-0.3, -0.25) is 0 Å². The quantitative estimate of drug-likeness (QED) is 0.808. The van der Waals surface area contributed by atoms with Crippen LogP contribution in [0, 0.1) is 6.92 Å². The monoisotopic (exact) mass is 310 g/mol. The minimum absolute atomic E-state index is 0.450. The molecule has 1 aromatic heterocycles. The summed E-state index contributed by atoms with van der Waals surface area (Å²) in [7, 11) is 0. The molecule has 2 aromatic carbocycles. The molecular formula is C18H18N2O3. The van der Waals surface area contributed by atoms with Crippen molar-refractivity contribution < 1.29 is 14.6 Å². The third-order valence-electron chi connectivity index (χ3n) is 4.15. The Morgan fingerprint density at radius 1 is 1.13 bits per heavy atom. The van der Waals surface area contributed by atoms with Crippen LogP contribution in [0.5, 0.6) is 11.5 Å². The maximum Gasteiger partial charge on any atom is 0.161 e. The fourth-order valence-electron chi connectivity index (χ4n) is 2.97. The van der Waals surface area contributed by atoms with E-state index in [2.05, 4.69) is 4.98 Å². The van der Waals surface area contributed by atoms with Crippen LogP contribution in [-0.2, 0) is 6.54 Å². The molecule has 2 heterocycles. The summed E-state index contributed by atoms with van der Waals surface area (Å²) in [4.78, 5) is 4.54. The molecule has 1 aliphatic rings. The van der Waals surface area contributed by atoms with E-state index in [-0.39, 0.29) is 0 Å². The molecule has 23 heavy (non-hydrogen) atoms. The van der Waals surface area contributed by atoms with Crippen molar-refractivity contribution in [3.63, 3.8) is 0 Å². The fourth-order valence-corrected chi connectivity index (χ4v) is 2.97. The number of fused-ring (bicyclic) bond motifs is 2. The summed E-state index contributed by atoms with van der Waals surface area (Å²) in [6, 6.07) is 13.5. The Kier molecular flexibility index (Phi) is 3.42. The van der Waals surface area contributed by atoms with Crippen LogP contribution in [0.3, 0.4) is 0 Å². The summed E-state index contributed by atoms with van der Waals surface area (Å²) in [5, 5.41) is 10.6. The lowest BCUT2D eigenvalue weighted by molar-refractivity contribution is 0.152. The van der Waals surface area contributed by atoms with Crippen molar-refractivity contribution in [2.45, 2.75) is 19.6 Å². The number of benzene rings is 2. The Bertz CT molecular complexity index is 857. The Hall–Kier alpha value is -2.53. The van der Waals surface area contributed by atoms with Gasteiger partial charge in [0.2, 0.25) is 0 Å². The first-order valence-electron chi connectivity index (χ1n) is 7.72. The summed E-state index contributed by atoms with van der Waals surface area (Å²) in [6.07, 6.45) is -0.637. The lowest BCUT2D eigenvalue weighted by Gasteiger charge is -2.20. The zero-order valence-electron chi connectivity index (χ0n) is 12.9. The number of aryl methyl sites for hydroxylation is 1. The maximum absolute atomic E-state index is 10.6. The summed E-state index contributed by atoms with van der Waals surface area (Å²) in [5.74, 6) is 2.32. The van der Waals surface area contributed by atoms with Crippen LogP contribution in [0.4, 0.5) is 0 Å². The van der Waals surface area contributed by atoms with Crippen molar-refractivity contribution in [1.29, 1.82) is 0 Å². The van der Waals surface area contributed by atoms with E-state index in [1.54, 1.807) is 0 Å². The van der Waals surface area contributed by atoms with Gasteiger partial charge in [-0.15, -0.1) is 0 Å². The fraction of sp³-hybridized carbons (Fsp3) is 0.278. The van der Waals surface area contributed by atoms with Gasteiger partial charge in [-0.2, -0.15) is 0 Å². The van der Waals surface area contributed by atoms with E-state index in [4.69, 9.17) is 9.47 Å². The van der Waals surface area contributed by atoms with E-state index in [1.807, 2.05) is 54.0 Å². The van der Waals surface area contributed by atoms with Crippen molar-refractivity contribution in [2.24, 2.45) is 0 Å². The van der Waals surface area contributed by atoms with Gasteiger partial charge in [0.05, 0.1) is 23.7 Å². The number of aromatic nitrogens is 2. The van der Waals surface area contributed by atoms with Gasteiger partial charge in [0, 0.05) is 0 Å². The zero-order chi connectivity index (χ0) is 15.8. The van der Waals surface area contributed by atoms with E-state index in [1.165, 1.54) is 0 Å². The second-order valence-corrected chi connectivity index (χ2v) is 5.68. The maximum atomic E-state index is 10.6. The average molecular weight is 310 g/mol. The van der Waals surface area contributed by atoms with Crippen LogP contribution in [0.1, 0.15) is 17.5 Å². The number of nitrogens with zero attached hydrogens (tertiary/aromatic N) is 2. The van der Waals surface area contributed by atoms with Crippen molar-refractivity contribution in [1.82, 2.24) is 9.55 Å². The van der Waals surface area contributed by atoms with Crippen molar-refractivity contribution in [3.05, 3.63) is 53.9 Å². The van der Waals surface area contributed by atoms with Gasteiger partial charge in [0.25, 0.3) is 0 Å². The molecule has 0 amide bonds. The van der Waals surface area contributed by atoms with Crippen LogP contribution in [0.25, 0.3) is 11.0 Å². The van der Waals surface area contributed by atoms with E-state index >= 15 is 0 Å². The Labute approximate surface area is 134 Å². The number of para-hydroxylation sites is 2. The zero-order valence-corrected chi connectivity index (χ0v) is 12.9. The average Bonchev–Trinajstić information content (AvgIpc) is 2.90. The molecule has 3 aromatic rings. The molecule has 5 nitrogen and oxygen atoms in total. The van der Waals surface area contributed by atoms with Gasteiger partial charge >= 0.3 is 0 Å². The molecule has 0 unspecified atom stereocenters. The highest BCUT2D eigenvalue weighted by molar-refractivity contribution is 5.75. The van der Waals surface area contributed by atoms with E-state index < -0.39 is 6.10 Å². The second-order valence-electron chi connectivity index (χ2n) is 5.68. The van der Waals surface area contributed by atoms with Crippen LogP contribution in [0.2, 0.25) is 0 Å². The van der Waals surface area contributed by atoms with Crippen molar-refractivity contribution in [2.75, 3.05) is 13.2 Å². The number of aliphatic hydroxyl groups excluding tert-OH is 1. The minimum Gasteiger partial charge on any atom is -0.486 e. The van der Waals surface area contributed by atoms with E-state index in [0.717, 1.165) is 28.2 Å². The topological polar surface area (TPSA) is 56.5 Å². The van der Waals surface area contributed by atoms with Gasteiger partial charge in [0.15, 0.2) is 11.5 Å². The number of aliphatic hydroxyl groups is 1. The molecule has 0 aliphatic carbocycles. The molecule has 0 saturated carbocycles. The molecule has 5 heteroatoms. The van der Waals surface area contributed by atoms with Gasteiger partial charge in [0.1, 0.15) is 19.0 Å². The van der Waals surface area contributed by atoms with Crippen LogP contribution in [-0.4, -0.2) is 27.9 Å². The number of rotatable bonds is 3. The van der Waals surface area contributed by atoms with Gasteiger partial charge in [-0.1, -0.05) is 18.2 Å². The number of imidazole rings is 1. The largest absolute Gasteiger partial charge is 0.486 e. The summed E-state index contributed by atoms with van der Waals surface area (Å²) < 4.78 is 13.1. The van der Waals surface area contributed by atoms with Crippen molar-refractivity contribution in [3.8, 4) is 11.5 Å². The Balaban J connectivity index is 1.64. The Morgan fingerprint density at radius 3 is 2.78 bits per heavy atom. The summed E-state index contributed by atoms with van der Waals surface area (Å²) >= 11 is 0. The highest BCUT2D eigenvalue weighted by atomic mass is 16.6. The second kappa shape index (κ2) is 5.59. The van der Waals surface area contributed by atoms with Crippen molar-refractivity contribution >= 4 is 11.0 Å². The lowest BCUT2D eigenvalue weighted by Crippen LogP contribution is -2.16. The first-order chi connectivity index (χ1) is 11.2. The highest BCUT2D eigenvalue weighted by Crippen LogP contribution is 2.33. The SMILES string of the molecule is Cc1nc2ccccc2n1C[C@@H](O)c1ccc2c(c1)OCCO2. The van der Waals surface area contributed by atoms with Crippen LogP contribution in [0.15, 0.2) is 42.5 Å². The molecule has 0 saturated heterocycles. The van der Waals surface area contributed by atoms with Gasteiger partial charge in [-0.25, -0.2) is 4.98 Å². The van der Waals surface area contributed by atoms with Gasteiger partial charge < -0.3 is 19.1 Å². The molecule has 0 fully saturated rings. The molecule has 1 atom stereocenters. The predicted octanol–water partition coefficient (Wildman–Crippen LogP) is 2.85. The summed E-state index contributed by atoms with van der Waals surface area (Å²) in [6.45, 7) is 3.51. The van der Waals surface area contributed by atoms with Crippen LogP contribution < -0.4 is 9.47 Å². The van der Waals surface area contributed by atoms with Crippen LogP contribution >= 0.6 is 0 Å². The standard InChI is InChI=1S/C18H18N2O3/c1-12-19-14-4-2-3-5-15(14)20(12)11-16(21)13-6-7-17-18(10-13)23-9-8-22-17/h2-7,10,16,21H,8-9,11H2,1H3/t16-/m1/s1. The molecule has 0 radical (unpaired) electrons. The third-order valence-corrected chi connectivity index (χ3v) is 4.15. The number of hydrogen-bond acceptors (Lipinski definition) is 4. The molecule has 1 aliphatic heterocycles. The molecular weight excluding hydrogens is 292 g/mol. The lowest BCUT2D eigenvalue weighted by atomic mass is 10.1. The first-order valence-corrected chi connectivity index (χ1v) is 7.72. The minimum atomic E-state index is -0.637. The van der Waals surface area contributed by atoms with E-state index in [0.29, 0.717) is 25.5 Å². The smallest absolute Gasteiger partial charge is 0.161 e. The molecule has 118 valence electrons. The Morgan fingerprint density at radius 2 is 1.91 bits per heavy atom. The van der Waals surface area contributed by atoms with Gasteiger partial charge in [-0.05, 0) is 36.8 Å². The normalized spacial score (nSPS) is 14.9. The number of ether oxygens (including phenoxy) is 2. The molecule has 1 N–H and O–H groups in total. The van der Waals surface area contributed by atoms with E-state index in [9.17, 15) is 5.11 Å². The molecule has 4 rings (SSSR count). The molecule has 0 spiro atoms. The predicted molar refractivity (Wildman–Crippen MR) is 86.9 cm³/mol. The highest BCUT2D eigenvalue weighted by Gasteiger charge is 2.17. The first kappa shape index (κ1) is 14.1.